The predicted octanol–water partition coefficient (Wildman–Crippen LogP) is 12.3. The SMILES string of the molecule is C(#CC1(c2ccc3ccccc3c2)c2ccccc2-c2cc(N(c3ccccc3)c3ccc(-c4ccccc4)cc3)ccc21)c1ccccc1. The molecule has 0 radical (unpaired) electrons. The molecular weight excluding hydrogens is 603 g/mol. The third kappa shape index (κ3) is 5.07. The molecule has 0 aliphatic heterocycles. The summed E-state index contributed by atoms with van der Waals surface area (Å²) in [5.41, 5.74) is 12.1. The Hall–Kier alpha value is -6.62. The van der Waals surface area contributed by atoms with Crippen molar-refractivity contribution in [3.8, 4) is 34.1 Å². The maximum absolute atomic E-state index is 3.88. The summed E-state index contributed by atoms with van der Waals surface area (Å²) in [5.74, 6) is 7.48. The molecule has 0 spiro atoms. The predicted molar refractivity (Wildman–Crippen MR) is 209 cm³/mol. The Morgan fingerprint density at radius 1 is 0.380 bits per heavy atom. The molecule has 50 heavy (non-hydrogen) atoms. The molecule has 1 atom stereocenters. The highest BCUT2D eigenvalue weighted by molar-refractivity contribution is 5.92. The van der Waals surface area contributed by atoms with E-state index < -0.39 is 5.41 Å². The number of benzene rings is 8. The van der Waals surface area contributed by atoms with Crippen molar-refractivity contribution < 1.29 is 0 Å². The summed E-state index contributed by atoms with van der Waals surface area (Å²) in [6.07, 6.45) is 0. The van der Waals surface area contributed by atoms with E-state index in [0.717, 1.165) is 22.6 Å². The van der Waals surface area contributed by atoms with Crippen LogP contribution in [0.5, 0.6) is 0 Å². The van der Waals surface area contributed by atoms with Crippen molar-refractivity contribution >= 4 is 27.8 Å². The standard InChI is InChI=1S/C49H33N/c1-4-14-36(15-5-1)32-33-49(41-27-24-38-18-10-11-19-40(38)34-41)47-23-13-12-22-45(47)46-35-44(30-31-48(46)49)50(42-20-8-3-9-21-42)43-28-25-39(26-29-43)37-16-6-2-7-17-37/h1-31,34-35H. The van der Waals surface area contributed by atoms with E-state index in [1.54, 1.807) is 0 Å². The average molecular weight is 636 g/mol. The van der Waals surface area contributed by atoms with Crippen molar-refractivity contribution in [1.82, 2.24) is 0 Å². The number of anilines is 3. The molecule has 8 aromatic carbocycles. The van der Waals surface area contributed by atoms with Crippen LogP contribution in [0.4, 0.5) is 17.1 Å². The Bertz CT molecular complexity index is 2520. The molecule has 1 aliphatic rings. The van der Waals surface area contributed by atoms with E-state index in [-0.39, 0.29) is 0 Å². The maximum atomic E-state index is 3.88. The van der Waals surface area contributed by atoms with Gasteiger partial charge in [0.15, 0.2) is 0 Å². The quantitative estimate of drug-likeness (QED) is 0.170. The van der Waals surface area contributed by atoms with E-state index >= 15 is 0 Å². The van der Waals surface area contributed by atoms with Gasteiger partial charge in [-0.2, -0.15) is 0 Å². The van der Waals surface area contributed by atoms with Crippen LogP contribution in [0.25, 0.3) is 33.0 Å². The second-order valence-corrected chi connectivity index (χ2v) is 12.8. The van der Waals surface area contributed by atoms with Crippen molar-refractivity contribution in [1.29, 1.82) is 0 Å². The van der Waals surface area contributed by atoms with Gasteiger partial charge in [0.2, 0.25) is 0 Å². The van der Waals surface area contributed by atoms with E-state index in [2.05, 4.69) is 211 Å². The van der Waals surface area contributed by atoms with E-state index in [1.165, 1.54) is 49.7 Å². The second-order valence-electron chi connectivity index (χ2n) is 12.8. The topological polar surface area (TPSA) is 3.24 Å². The van der Waals surface area contributed by atoms with Gasteiger partial charge in [0.05, 0.1) is 0 Å². The molecule has 0 bridgehead atoms. The lowest BCUT2D eigenvalue weighted by molar-refractivity contribution is 0.839. The van der Waals surface area contributed by atoms with E-state index in [9.17, 15) is 0 Å². The maximum Gasteiger partial charge on any atom is 0.108 e. The highest BCUT2D eigenvalue weighted by Gasteiger charge is 2.44. The number of para-hydroxylation sites is 1. The van der Waals surface area contributed by atoms with Crippen LogP contribution in [0.15, 0.2) is 200 Å². The molecule has 0 aromatic heterocycles. The lowest BCUT2D eigenvalue weighted by Gasteiger charge is -2.29. The van der Waals surface area contributed by atoms with Crippen LogP contribution < -0.4 is 4.90 Å². The first kappa shape index (κ1) is 29.5. The largest absolute Gasteiger partial charge is 0.310 e. The minimum absolute atomic E-state index is 0.654. The highest BCUT2D eigenvalue weighted by Crippen LogP contribution is 2.54. The summed E-state index contributed by atoms with van der Waals surface area (Å²) in [6, 6.07) is 71.6. The first-order valence-corrected chi connectivity index (χ1v) is 17.1. The fourth-order valence-corrected chi connectivity index (χ4v) is 7.50. The summed E-state index contributed by atoms with van der Waals surface area (Å²) in [4.78, 5) is 2.35. The molecule has 0 heterocycles. The van der Waals surface area contributed by atoms with E-state index in [1.807, 2.05) is 6.07 Å². The molecule has 0 amide bonds. The van der Waals surface area contributed by atoms with Crippen molar-refractivity contribution in [2.24, 2.45) is 0 Å². The van der Waals surface area contributed by atoms with Crippen molar-refractivity contribution in [2.45, 2.75) is 5.41 Å². The fourth-order valence-electron chi connectivity index (χ4n) is 7.50. The molecule has 0 fully saturated rings. The molecule has 9 rings (SSSR count). The molecule has 1 unspecified atom stereocenters. The highest BCUT2D eigenvalue weighted by atomic mass is 15.1. The Morgan fingerprint density at radius 2 is 0.960 bits per heavy atom. The van der Waals surface area contributed by atoms with Crippen LogP contribution in [0.1, 0.15) is 22.3 Å². The molecular formula is C49H33N. The summed E-state index contributed by atoms with van der Waals surface area (Å²) < 4.78 is 0. The Kier molecular flexibility index (Phi) is 7.34. The van der Waals surface area contributed by atoms with Gasteiger partial charge in [-0.15, -0.1) is 0 Å². The fraction of sp³-hybridized carbons (Fsp3) is 0.0204. The van der Waals surface area contributed by atoms with E-state index in [0.29, 0.717) is 0 Å². The number of rotatable bonds is 5. The molecule has 0 saturated heterocycles. The molecule has 1 aliphatic carbocycles. The molecule has 234 valence electrons. The Balaban J connectivity index is 1.25. The minimum Gasteiger partial charge on any atom is -0.310 e. The van der Waals surface area contributed by atoms with Gasteiger partial charge in [0, 0.05) is 22.6 Å². The Morgan fingerprint density at radius 3 is 1.74 bits per heavy atom. The van der Waals surface area contributed by atoms with Gasteiger partial charge in [0.25, 0.3) is 0 Å². The van der Waals surface area contributed by atoms with Crippen LogP contribution in [0.2, 0.25) is 0 Å². The summed E-state index contributed by atoms with van der Waals surface area (Å²) in [6.45, 7) is 0. The van der Waals surface area contributed by atoms with Crippen LogP contribution in [-0.4, -0.2) is 0 Å². The first-order chi connectivity index (χ1) is 24.8. The van der Waals surface area contributed by atoms with Gasteiger partial charge in [-0.25, -0.2) is 0 Å². The third-order valence-electron chi connectivity index (χ3n) is 9.88. The number of fused-ring (bicyclic) bond motifs is 4. The number of hydrogen-bond donors (Lipinski definition) is 0. The minimum atomic E-state index is -0.654. The summed E-state index contributed by atoms with van der Waals surface area (Å²) in [7, 11) is 0. The zero-order valence-corrected chi connectivity index (χ0v) is 27.5. The van der Waals surface area contributed by atoms with Gasteiger partial charge < -0.3 is 4.90 Å². The Labute approximate surface area is 293 Å². The molecule has 0 N–H and O–H groups in total. The molecule has 8 aromatic rings. The van der Waals surface area contributed by atoms with Gasteiger partial charge >= 0.3 is 0 Å². The zero-order valence-electron chi connectivity index (χ0n) is 27.5. The lowest BCUT2D eigenvalue weighted by Crippen LogP contribution is -2.25. The first-order valence-electron chi connectivity index (χ1n) is 17.1. The summed E-state index contributed by atoms with van der Waals surface area (Å²) >= 11 is 0. The molecule has 1 nitrogen and oxygen atoms in total. The number of hydrogen-bond acceptors (Lipinski definition) is 1. The summed E-state index contributed by atoms with van der Waals surface area (Å²) in [5, 5.41) is 2.43. The van der Waals surface area contributed by atoms with Crippen LogP contribution in [0.3, 0.4) is 0 Å². The molecule has 0 saturated carbocycles. The lowest BCUT2D eigenvalue weighted by atomic mass is 9.72. The van der Waals surface area contributed by atoms with Crippen molar-refractivity contribution in [3.63, 3.8) is 0 Å². The van der Waals surface area contributed by atoms with Crippen molar-refractivity contribution in [3.05, 3.63) is 222 Å². The average Bonchev–Trinajstić information content (AvgIpc) is 3.48. The van der Waals surface area contributed by atoms with Gasteiger partial charge in [-0.3, -0.25) is 0 Å². The molecule has 1 heteroatoms. The van der Waals surface area contributed by atoms with Gasteiger partial charge in [-0.1, -0.05) is 157 Å². The van der Waals surface area contributed by atoms with Crippen LogP contribution in [-0.2, 0) is 5.41 Å². The van der Waals surface area contributed by atoms with Crippen LogP contribution >= 0.6 is 0 Å². The van der Waals surface area contributed by atoms with Gasteiger partial charge in [0.1, 0.15) is 5.41 Å². The third-order valence-corrected chi connectivity index (χ3v) is 9.88. The normalized spacial score (nSPS) is 14.3. The van der Waals surface area contributed by atoms with Crippen LogP contribution in [0, 0.1) is 11.8 Å². The monoisotopic (exact) mass is 635 g/mol. The van der Waals surface area contributed by atoms with E-state index in [4.69, 9.17) is 0 Å². The van der Waals surface area contributed by atoms with Crippen molar-refractivity contribution in [2.75, 3.05) is 4.90 Å². The zero-order chi connectivity index (χ0) is 33.3. The smallest absolute Gasteiger partial charge is 0.108 e. The van der Waals surface area contributed by atoms with Gasteiger partial charge in [-0.05, 0) is 104 Å². The second kappa shape index (κ2) is 12.4. The number of nitrogens with zero attached hydrogens (tertiary/aromatic N) is 1.